The molecule has 0 aliphatic carbocycles. The van der Waals surface area contributed by atoms with E-state index in [4.69, 9.17) is 14.5 Å². The summed E-state index contributed by atoms with van der Waals surface area (Å²) in [7, 11) is 3.27. The lowest BCUT2D eigenvalue weighted by molar-refractivity contribution is 0.0954. The van der Waals surface area contributed by atoms with Gasteiger partial charge in [-0.3, -0.25) is 4.79 Å². The van der Waals surface area contributed by atoms with Gasteiger partial charge in [-0.25, -0.2) is 4.98 Å². The van der Waals surface area contributed by atoms with Crippen molar-refractivity contribution in [1.29, 1.82) is 0 Å². The number of nitrogens with zero attached hydrogens (tertiary/aromatic N) is 2. The summed E-state index contributed by atoms with van der Waals surface area (Å²) in [4.78, 5) is 17.3. The average Bonchev–Trinajstić information content (AvgIpc) is 3.16. The van der Waals surface area contributed by atoms with Crippen LogP contribution in [0, 0.1) is 0 Å². The average molecular weight is 415 g/mol. The number of methoxy groups -OCH3 is 2. The predicted molar refractivity (Wildman–Crippen MR) is 121 cm³/mol. The highest BCUT2D eigenvalue weighted by atomic mass is 16.5. The van der Waals surface area contributed by atoms with E-state index in [0.29, 0.717) is 25.1 Å². The Bertz CT molecular complexity index is 1170. The molecule has 1 amide bonds. The van der Waals surface area contributed by atoms with E-state index in [9.17, 15) is 4.79 Å². The van der Waals surface area contributed by atoms with Crippen LogP contribution < -0.4 is 14.8 Å². The summed E-state index contributed by atoms with van der Waals surface area (Å²) >= 11 is 0. The maximum absolute atomic E-state index is 12.5. The zero-order chi connectivity index (χ0) is 21.6. The van der Waals surface area contributed by atoms with Gasteiger partial charge < -0.3 is 19.4 Å². The molecule has 0 atom stereocenters. The molecule has 31 heavy (non-hydrogen) atoms. The van der Waals surface area contributed by atoms with Crippen LogP contribution in [0.5, 0.6) is 11.5 Å². The first-order valence-electron chi connectivity index (χ1n) is 10.2. The Balaban J connectivity index is 1.48. The molecule has 0 aliphatic heterocycles. The summed E-state index contributed by atoms with van der Waals surface area (Å²) in [5.41, 5.74) is 3.79. The third-order valence-electron chi connectivity index (χ3n) is 5.22. The maximum Gasteiger partial charge on any atom is 0.251 e. The second-order valence-electron chi connectivity index (χ2n) is 7.19. The highest BCUT2D eigenvalue weighted by molar-refractivity contribution is 5.94. The molecular weight excluding hydrogens is 390 g/mol. The summed E-state index contributed by atoms with van der Waals surface area (Å²) < 4.78 is 12.6. The number of hydrogen-bond acceptors (Lipinski definition) is 4. The molecule has 0 unspecified atom stereocenters. The van der Waals surface area contributed by atoms with Crippen molar-refractivity contribution >= 4 is 16.9 Å². The number of nitrogens with one attached hydrogen (secondary N) is 1. The quantitative estimate of drug-likeness (QED) is 0.471. The van der Waals surface area contributed by atoms with Gasteiger partial charge in [0.25, 0.3) is 5.91 Å². The van der Waals surface area contributed by atoms with Crippen molar-refractivity contribution in [2.75, 3.05) is 20.8 Å². The van der Waals surface area contributed by atoms with Gasteiger partial charge in [-0.2, -0.15) is 0 Å². The Morgan fingerprint density at radius 1 is 0.903 bits per heavy atom. The molecule has 0 aliphatic rings. The third-order valence-corrected chi connectivity index (χ3v) is 5.22. The number of rotatable bonds is 8. The molecule has 1 N–H and O–H groups in total. The molecule has 0 bridgehead atoms. The van der Waals surface area contributed by atoms with Crippen molar-refractivity contribution in [2.45, 2.75) is 13.0 Å². The zero-order valence-electron chi connectivity index (χ0n) is 17.7. The molecule has 0 fully saturated rings. The topological polar surface area (TPSA) is 65.4 Å². The van der Waals surface area contributed by atoms with Crippen LogP contribution in [0.25, 0.3) is 11.0 Å². The Labute approximate surface area is 181 Å². The van der Waals surface area contributed by atoms with Crippen LogP contribution in [0.4, 0.5) is 0 Å². The van der Waals surface area contributed by atoms with E-state index in [1.54, 1.807) is 38.5 Å². The monoisotopic (exact) mass is 415 g/mol. The van der Waals surface area contributed by atoms with Crippen LogP contribution in [0.3, 0.4) is 0 Å². The number of carbonyl (C=O) groups excluding carboxylic acids is 1. The van der Waals surface area contributed by atoms with Gasteiger partial charge in [-0.05, 0) is 54.1 Å². The molecule has 4 aromatic rings. The molecular formula is C25H25N3O3. The van der Waals surface area contributed by atoms with E-state index in [1.165, 1.54) is 0 Å². The Morgan fingerprint density at radius 3 is 2.23 bits per heavy atom. The second-order valence-corrected chi connectivity index (χ2v) is 7.19. The largest absolute Gasteiger partial charge is 0.497 e. The van der Waals surface area contributed by atoms with Crippen LogP contribution in [-0.4, -0.2) is 36.2 Å². The van der Waals surface area contributed by atoms with E-state index in [0.717, 1.165) is 33.9 Å². The Kier molecular flexibility index (Phi) is 6.17. The first-order chi connectivity index (χ1) is 15.2. The van der Waals surface area contributed by atoms with Crippen LogP contribution >= 0.6 is 0 Å². The number of para-hydroxylation sites is 2. The fraction of sp³-hybridized carbons (Fsp3) is 0.200. The van der Waals surface area contributed by atoms with Crippen LogP contribution in [0.2, 0.25) is 0 Å². The lowest BCUT2D eigenvalue weighted by Gasteiger charge is -2.11. The van der Waals surface area contributed by atoms with Crippen LogP contribution in [0.15, 0.2) is 72.8 Å². The number of hydrogen-bond donors (Lipinski definition) is 1. The smallest absolute Gasteiger partial charge is 0.251 e. The molecule has 6 nitrogen and oxygen atoms in total. The zero-order valence-corrected chi connectivity index (χ0v) is 17.7. The van der Waals surface area contributed by atoms with Crippen molar-refractivity contribution in [3.05, 3.63) is 89.7 Å². The van der Waals surface area contributed by atoms with Gasteiger partial charge in [0.05, 0.1) is 25.3 Å². The van der Waals surface area contributed by atoms with Crippen molar-refractivity contribution in [1.82, 2.24) is 14.9 Å². The molecule has 3 aromatic carbocycles. The standard InChI is InChI=1S/C25H25N3O3/c1-30-20-11-7-18(8-12-20)17-28-23-6-4-3-5-22(23)27-24(28)15-16-26-25(29)19-9-13-21(31-2)14-10-19/h3-14H,15-17H2,1-2H3,(H,26,29). The molecule has 1 aromatic heterocycles. The summed E-state index contributed by atoms with van der Waals surface area (Å²) in [6.07, 6.45) is 0.632. The SMILES string of the molecule is COc1ccc(Cn2c(CCNC(=O)c3ccc(OC)cc3)nc3ccccc32)cc1. The fourth-order valence-corrected chi connectivity index (χ4v) is 3.54. The van der Waals surface area contributed by atoms with E-state index in [2.05, 4.69) is 28.1 Å². The van der Waals surface area contributed by atoms with Crippen LogP contribution in [0.1, 0.15) is 21.7 Å². The number of carbonyl (C=O) groups is 1. The molecule has 0 radical (unpaired) electrons. The maximum atomic E-state index is 12.5. The van der Waals surface area contributed by atoms with E-state index in [-0.39, 0.29) is 5.91 Å². The minimum Gasteiger partial charge on any atom is -0.497 e. The normalized spacial score (nSPS) is 10.8. The summed E-state index contributed by atoms with van der Waals surface area (Å²) in [5, 5.41) is 2.99. The second kappa shape index (κ2) is 9.34. The van der Waals surface area contributed by atoms with E-state index in [1.807, 2.05) is 30.3 Å². The summed E-state index contributed by atoms with van der Waals surface area (Å²) in [6.45, 7) is 1.20. The van der Waals surface area contributed by atoms with Gasteiger partial charge in [-0.15, -0.1) is 0 Å². The summed E-state index contributed by atoms with van der Waals surface area (Å²) in [5.74, 6) is 2.39. The minimum absolute atomic E-state index is 0.111. The van der Waals surface area contributed by atoms with Crippen molar-refractivity contribution in [2.24, 2.45) is 0 Å². The first kappa shape index (κ1) is 20.5. The molecule has 4 rings (SSSR count). The van der Waals surface area contributed by atoms with E-state index < -0.39 is 0 Å². The minimum atomic E-state index is -0.111. The molecule has 0 saturated carbocycles. The molecule has 0 saturated heterocycles. The molecule has 0 spiro atoms. The van der Waals surface area contributed by atoms with Gasteiger partial charge in [0.1, 0.15) is 17.3 Å². The highest BCUT2D eigenvalue weighted by Crippen LogP contribution is 2.20. The third kappa shape index (κ3) is 4.69. The van der Waals surface area contributed by atoms with Gasteiger partial charge in [0, 0.05) is 25.1 Å². The predicted octanol–water partition coefficient (Wildman–Crippen LogP) is 4.07. The number of amides is 1. The molecule has 1 heterocycles. The number of imidazole rings is 1. The molecule has 158 valence electrons. The lowest BCUT2D eigenvalue weighted by atomic mass is 10.2. The fourth-order valence-electron chi connectivity index (χ4n) is 3.54. The van der Waals surface area contributed by atoms with Crippen molar-refractivity contribution < 1.29 is 14.3 Å². The Hall–Kier alpha value is -3.80. The number of aromatic nitrogens is 2. The van der Waals surface area contributed by atoms with Gasteiger partial charge in [-0.1, -0.05) is 24.3 Å². The highest BCUT2D eigenvalue weighted by Gasteiger charge is 2.12. The van der Waals surface area contributed by atoms with Crippen LogP contribution in [-0.2, 0) is 13.0 Å². The first-order valence-corrected chi connectivity index (χ1v) is 10.2. The lowest BCUT2D eigenvalue weighted by Crippen LogP contribution is -2.26. The molecule has 6 heteroatoms. The van der Waals surface area contributed by atoms with Gasteiger partial charge in [0.2, 0.25) is 0 Å². The Morgan fingerprint density at radius 2 is 1.55 bits per heavy atom. The summed E-state index contributed by atoms with van der Waals surface area (Å²) in [6, 6.07) is 23.2. The number of benzene rings is 3. The van der Waals surface area contributed by atoms with Crippen molar-refractivity contribution in [3.8, 4) is 11.5 Å². The van der Waals surface area contributed by atoms with E-state index >= 15 is 0 Å². The number of ether oxygens (including phenoxy) is 2. The van der Waals surface area contributed by atoms with Crippen molar-refractivity contribution in [3.63, 3.8) is 0 Å². The van der Waals surface area contributed by atoms with Gasteiger partial charge in [0.15, 0.2) is 0 Å². The van der Waals surface area contributed by atoms with Gasteiger partial charge >= 0.3 is 0 Å². The number of fused-ring (bicyclic) bond motifs is 1.